The van der Waals surface area contributed by atoms with Gasteiger partial charge >= 0.3 is 0 Å². The third-order valence-electron chi connectivity index (χ3n) is 1.96. The van der Waals surface area contributed by atoms with E-state index in [0.717, 1.165) is 5.56 Å². The van der Waals surface area contributed by atoms with Gasteiger partial charge in [0.2, 0.25) is 0 Å². The molecule has 0 radical (unpaired) electrons. The third kappa shape index (κ3) is 4.57. The van der Waals surface area contributed by atoms with Crippen molar-refractivity contribution in [1.82, 2.24) is 14.7 Å². The highest BCUT2D eigenvalue weighted by Crippen LogP contribution is 2.06. The summed E-state index contributed by atoms with van der Waals surface area (Å²) in [5.74, 6) is 0.354. The zero-order valence-corrected chi connectivity index (χ0v) is 9.29. The Morgan fingerprint density at radius 3 is 2.80 bits per heavy atom. The molecule has 0 aromatic carbocycles. The van der Waals surface area contributed by atoms with E-state index in [-0.39, 0.29) is 6.54 Å². The van der Waals surface area contributed by atoms with Crippen molar-refractivity contribution in [3.8, 4) is 0 Å². The average molecular weight is 238 g/mol. The summed E-state index contributed by atoms with van der Waals surface area (Å²) in [7, 11) is 1.79. The van der Waals surface area contributed by atoms with E-state index in [0.29, 0.717) is 19.0 Å². The molecule has 0 N–H and O–H groups in total. The predicted octanol–water partition coefficient (Wildman–Crippen LogP) is 1.73. The molecule has 0 amide bonds. The molecule has 1 aromatic rings. The van der Waals surface area contributed by atoms with Gasteiger partial charge < -0.3 is 0 Å². The van der Waals surface area contributed by atoms with Crippen LogP contribution >= 0.6 is 11.6 Å². The van der Waals surface area contributed by atoms with E-state index < -0.39 is 6.43 Å². The number of rotatable bonds is 6. The quantitative estimate of drug-likeness (QED) is 0.703. The maximum absolute atomic E-state index is 12.2. The van der Waals surface area contributed by atoms with Gasteiger partial charge in [0.1, 0.15) is 0 Å². The van der Waals surface area contributed by atoms with E-state index in [4.69, 9.17) is 11.6 Å². The minimum absolute atomic E-state index is 0.248. The van der Waals surface area contributed by atoms with Gasteiger partial charge in [-0.3, -0.25) is 9.58 Å². The molecule has 3 nitrogen and oxygen atoms in total. The number of hydrogen-bond donors (Lipinski definition) is 0. The number of aryl methyl sites for hydroxylation is 1. The third-order valence-corrected chi connectivity index (χ3v) is 2.13. The Kier molecular flexibility index (Phi) is 4.98. The average Bonchev–Trinajstić information content (AvgIpc) is 2.50. The normalized spacial score (nSPS) is 11.6. The molecule has 0 unspecified atom stereocenters. The first-order chi connectivity index (χ1) is 7.11. The molecule has 0 saturated heterocycles. The van der Waals surface area contributed by atoms with Crippen molar-refractivity contribution in [2.24, 2.45) is 7.05 Å². The molecule has 0 fully saturated rings. The number of halogens is 3. The van der Waals surface area contributed by atoms with Gasteiger partial charge in [0.15, 0.2) is 0 Å². The van der Waals surface area contributed by atoms with Crippen LogP contribution in [-0.4, -0.2) is 40.1 Å². The van der Waals surface area contributed by atoms with Crippen LogP contribution in [0.25, 0.3) is 0 Å². The van der Waals surface area contributed by atoms with E-state index in [1.54, 1.807) is 22.8 Å². The summed E-state index contributed by atoms with van der Waals surface area (Å²) in [4.78, 5) is 1.62. The van der Waals surface area contributed by atoms with Crippen LogP contribution in [0.15, 0.2) is 12.4 Å². The zero-order valence-electron chi connectivity index (χ0n) is 8.54. The van der Waals surface area contributed by atoms with Gasteiger partial charge in [0.05, 0.1) is 12.7 Å². The van der Waals surface area contributed by atoms with Crippen molar-refractivity contribution in [3.05, 3.63) is 18.0 Å². The number of alkyl halides is 3. The van der Waals surface area contributed by atoms with Crippen molar-refractivity contribution in [1.29, 1.82) is 0 Å². The fourth-order valence-electron chi connectivity index (χ4n) is 1.36. The molecule has 1 heterocycles. The highest BCUT2D eigenvalue weighted by Gasteiger charge is 2.12. The van der Waals surface area contributed by atoms with Crippen LogP contribution in [0.3, 0.4) is 0 Å². The SMILES string of the molecule is Cn1cc(CN(CCCl)CC(F)F)cn1. The van der Waals surface area contributed by atoms with Gasteiger partial charge in [0, 0.05) is 37.8 Å². The van der Waals surface area contributed by atoms with Gasteiger partial charge in [-0.15, -0.1) is 11.6 Å². The second kappa shape index (κ2) is 6.02. The lowest BCUT2D eigenvalue weighted by molar-refractivity contribution is 0.0878. The van der Waals surface area contributed by atoms with Gasteiger partial charge in [-0.05, 0) is 0 Å². The van der Waals surface area contributed by atoms with Gasteiger partial charge in [-0.1, -0.05) is 0 Å². The second-order valence-corrected chi connectivity index (χ2v) is 3.72. The number of nitrogens with zero attached hydrogens (tertiary/aromatic N) is 3. The highest BCUT2D eigenvalue weighted by atomic mass is 35.5. The standard InChI is InChI=1S/C9H14ClF2N3/c1-14-5-8(4-13-14)6-15(3-2-10)7-9(11)12/h4-5,9H,2-3,6-7H2,1H3. The summed E-state index contributed by atoms with van der Waals surface area (Å²) < 4.78 is 26.1. The van der Waals surface area contributed by atoms with E-state index in [1.807, 2.05) is 6.20 Å². The molecule has 1 rings (SSSR count). The Hall–Kier alpha value is -0.680. The molecule has 0 spiro atoms. The molecule has 15 heavy (non-hydrogen) atoms. The molecule has 0 aliphatic rings. The fraction of sp³-hybridized carbons (Fsp3) is 0.667. The summed E-state index contributed by atoms with van der Waals surface area (Å²) >= 11 is 5.54. The van der Waals surface area contributed by atoms with E-state index >= 15 is 0 Å². The Bertz CT molecular complexity index is 291. The molecule has 0 bridgehead atoms. The van der Waals surface area contributed by atoms with Gasteiger partial charge in [-0.2, -0.15) is 5.10 Å². The van der Waals surface area contributed by atoms with Crippen LogP contribution in [0.2, 0.25) is 0 Å². The number of hydrogen-bond acceptors (Lipinski definition) is 2. The smallest absolute Gasteiger partial charge is 0.251 e. The molecule has 1 aromatic heterocycles. The fourth-order valence-corrected chi connectivity index (χ4v) is 1.60. The first kappa shape index (κ1) is 12.4. The van der Waals surface area contributed by atoms with Gasteiger partial charge in [-0.25, -0.2) is 8.78 Å². The van der Waals surface area contributed by atoms with Crippen LogP contribution in [0, 0.1) is 0 Å². The highest BCUT2D eigenvalue weighted by molar-refractivity contribution is 6.18. The first-order valence-corrected chi connectivity index (χ1v) is 5.19. The molecule has 86 valence electrons. The summed E-state index contributed by atoms with van der Waals surface area (Å²) in [5.41, 5.74) is 0.920. The van der Waals surface area contributed by atoms with Crippen LogP contribution in [0.4, 0.5) is 8.78 Å². The Labute approximate surface area is 92.6 Å². The monoisotopic (exact) mass is 237 g/mol. The lowest BCUT2D eigenvalue weighted by Gasteiger charge is -2.19. The zero-order chi connectivity index (χ0) is 11.3. The Morgan fingerprint density at radius 2 is 2.33 bits per heavy atom. The van der Waals surface area contributed by atoms with Gasteiger partial charge in [0.25, 0.3) is 6.43 Å². The molecular formula is C9H14ClF2N3. The van der Waals surface area contributed by atoms with Crippen LogP contribution < -0.4 is 0 Å². The lowest BCUT2D eigenvalue weighted by Crippen LogP contribution is -2.30. The van der Waals surface area contributed by atoms with Crippen molar-refractivity contribution >= 4 is 11.6 Å². The summed E-state index contributed by atoms with van der Waals surface area (Å²) in [6.45, 7) is 0.674. The predicted molar refractivity (Wildman–Crippen MR) is 55.2 cm³/mol. The van der Waals surface area contributed by atoms with Crippen LogP contribution in [0.1, 0.15) is 5.56 Å². The largest absolute Gasteiger partial charge is 0.292 e. The maximum Gasteiger partial charge on any atom is 0.251 e. The Balaban J connectivity index is 2.50. The molecule has 0 aliphatic heterocycles. The van der Waals surface area contributed by atoms with E-state index in [2.05, 4.69) is 5.10 Å². The molecule has 0 aliphatic carbocycles. The molecule has 0 atom stereocenters. The second-order valence-electron chi connectivity index (χ2n) is 3.34. The molecular weight excluding hydrogens is 224 g/mol. The summed E-state index contributed by atoms with van der Waals surface area (Å²) in [6.07, 6.45) is 1.16. The minimum Gasteiger partial charge on any atom is -0.292 e. The van der Waals surface area contributed by atoms with E-state index in [1.165, 1.54) is 0 Å². The summed E-state index contributed by atoms with van der Waals surface area (Å²) in [5, 5.41) is 3.98. The van der Waals surface area contributed by atoms with Crippen molar-refractivity contribution < 1.29 is 8.78 Å². The van der Waals surface area contributed by atoms with E-state index in [9.17, 15) is 8.78 Å². The minimum atomic E-state index is -2.33. The van der Waals surface area contributed by atoms with Crippen LogP contribution in [0.5, 0.6) is 0 Å². The topological polar surface area (TPSA) is 21.1 Å². The molecule has 0 saturated carbocycles. The van der Waals surface area contributed by atoms with Crippen LogP contribution in [-0.2, 0) is 13.6 Å². The summed E-state index contributed by atoms with van der Waals surface area (Å²) in [6, 6.07) is 0. The maximum atomic E-state index is 12.2. The first-order valence-electron chi connectivity index (χ1n) is 4.66. The Morgan fingerprint density at radius 1 is 1.60 bits per heavy atom. The van der Waals surface area contributed by atoms with Crippen molar-refractivity contribution in [3.63, 3.8) is 0 Å². The number of aromatic nitrogens is 2. The van der Waals surface area contributed by atoms with Crippen molar-refractivity contribution in [2.45, 2.75) is 13.0 Å². The lowest BCUT2D eigenvalue weighted by atomic mass is 10.3. The van der Waals surface area contributed by atoms with Crippen molar-refractivity contribution in [2.75, 3.05) is 19.0 Å². The molecule has 6 heteroatoms.